The number of carbonyl (C=O) groups excluding carboxylic acids is 1. The van der Waals surface area contributed by atoms with E-state index >= 15 is 0 Å². The van der Waals surface area contributed by atoms with Gasteiger partial charge in [-0.1, -0.05) is 42.5 Å². The molecular weight excluding hydrogens is 288 g/mol. The zero-order valence-corrected chi connectivity index (χ0v) is 13.2. The Bertz CT molecular complexity index is 828. The molecule has 0 aliphatic rings. The first-order valence-corrected chi connectivity index (χ1v) is 7.68. The summed E-state index contributed by atoms with van der Waals surface area (Å²) >= 11 is 0. The highest BCUT2D eigenvalue weighted by atomic mass is 16.3. The summed E-state index contributed by atoms with van der Waals surface area (Å²) in [4.78, 5) is 12.5. The molecule has 3 aromatic rings. The molecule has 0 radical (unpaired) electrons. The van der Waals surface area contributed by atoms with E-state index in [9.17, 15) is 4.79 Å². The van der Waals surface area contributed by atoms with Crippen LogP contribution >= 0.6 is 0 Å². The number of carbonyl (C=O) groups is 1. The van der Waals surface area contributed by atoms with Gasteiger partial charge >= 0.3 is 0 Å². The van der Waals surface area contributed by atoms with Crippen LogP contribution in [0.5, 0.6) is 0 Å². The van der Waals surface area contributed by atoms with Gasteiger partial charge in [-0.15, -0.1) is 0 Å². The molecule has 0 bridgehead atoms. The van der Waals surface area contributed by atoms with Gasteiger partial charge in [0, 0.05) is 25.2 Å². The van der Waals surface area contributed by atoms with Crippen LogP contribution in [0.1, 0.15) is 23.0 Å². The van der Waals surface area contributed by atoms with E-state index < -0.39 is 0 Å². The third-order valence-corrected chi connectivity index (χ3v) is 3.73. The molecule has 1 amide bonds. The standard InChI is InChI=1S/C19H20N2O2/c1-14(2)13-21-16-9-11-23-18(16)12-17(21)19(22)20-10-8-15-6-4-3-5-7-15/h3-7,9,11-12H,1,8,10,13H2,2H3,(H,20,22). The van der Waals surface area contributed by atoms with Crippen molar-refractivity contribution in [3.63, 3.8) is 0 Å². The number of rotatable bonds is 6. The summed E-state index contributed by atoms with van der Waals surface area (Å²) in [6.07, 6.45) is 2.45. The van der Waals surface area contributed by atoms with E-state index in [1.54, 1.807) is 12.3 Å². The van der Waals surface area contributed by atoms with Crippen LogP contribution in [0.2, 0.25) is 0 Å². The van der Waals surface area contributed by atoms with E-state index in [2.05, 4.69) is 24.0 Å². The van der Waals surface area contributed by atoms with Crippen molar-refractivity contribution in [2.45, 2.75) is 19.9 Å². The van der Waals surface area contributed by atoms with Crippen molar-refractivity contribution in [3.8, 4) is 0 Å². The molecule has 0 spiro atoms. The van der Waals surface area contributed by atoms with Gasteiger partial charge in [-0.3, -0.25) is 4.79 Å². The maximum atomic E-state index is 12.5. The number of aromatic nitrogens is 1. The number of hydrogen-bond donors (Lipinski definition) is 1. The SMILES string of the molecule is C=C(C)Cn1c(C(=O)NCCc2ccccc2)cc2occc21. The second-order valence-corrected chi connectivity index (χ2v) is 5.73. The number of amides is 1. The molecular formula is C19H20N2O2. The van der Waals surface area contributed by atoms with Crippen molar-refractivity contribution >= 4 is 17.0 Å². The minimum Gasteiger partial charge on any atom is -0.463 e. The molecule has 0 atom stereocenters. The smallest absolute Gasteiger partial charge is 0.268 e. The fourth-order valence-electron chi connectivity index (χ4n) is 2.66. The average Bonchev–Trinajstić information content (AvgIpc) is 3.11. The van der Waals surface area contributed by atoms with E-state index in [0.717, 1.165) is 23.1 Å². The highest BCUT2D eigenvalue weighted by molar-refractivity contribution is 5.97. The number of furan rings is 1. The topological polar surface area (TPSA) is 47.2 Å². The van der Waals surface area contributed by atoms with Crippen molar-refractivity contribution in [2.24, 2.45) is 0 Å². The van der Waals surface area contributed by atoms with E-state index in [4.69, 9.17) is 4.42 Å². The van der Waals surface area contributed by atoms with E-state index in [1.807, 2.05) is 35.8 Å². The normalized spacial score (nSPS) is 10.8. The molecule has 3 rings (SSSR count). The lowest BCUT2D eigenvalue weighted by Crippen LogP contribution is -2.28. The Morgan fingerprint density at radius 3 is 2.78 bits per heavy atom. The predicted molar refractivity (Wildman–Crippen MR) is 91.5 cm³/mol. The quantitative estimate of drug-likeness (QED) is 0.704. The summed E-state index contributed by atoms with van der Waals surface area (Å²) in [5, 5.41) is 2.98. The van der Waals surface area contributed by atoms with Crippen LogP contribution in [0, 0.1) is 0 Å². The Kier molecular flexibility index (Phi) is 4.33. The Morgan fingerprint density at radius 1 is 1.26 bits per heavy atom. The summed E-state index contributed by atoms with van der Waals surface area (Å²) in [5.41, 5.74) is 4.44. The van der Waals surface area contributed by atoms with Gasteiger partial charge in [0.05, 0.1) is 11.8 Å². The van der Waals surface area contributed by atoms with Crippen LogP contribution in [0.25, 0.3) is 11.1 Å². The third kappa shape index (κ3) is 3.37. The molecule has 23 heavy (non-hydrogen) atoms. The second-order valence-electron chi connectivity index (χ2n) is 5.73. The van der Waals surface area contributed by atoms with Gasteiger partial charge < -0.3 is 14.3 Å². The van der Waals surface area contributed by atoms with Crippen molar-refractivity contribution in [2.75, 3.05) is 6.54 Å². The minimum absolute atomic E-state index is 0.0893. The number of fused-ring (bicyclic) bond motifs is 1. The van der Waals surface area contributed by atoms with Crippen molar-refractivity contribution in [3.05, 3.63) is 72.1 Å². The third-order valence-electron chi connectivity index (χ3n) is 3.73. The molecule has 2 heterocycles. The number of allylic oxidation sites excluding steroid dienone is 1. The van der Waals surface area contributed by atoms with E-state index in [1.165, 1.54) is 5.56 Å². The zero-order chi connectivity index (χ0) is 16.2. The lowest BCUT2D eigenvalue weighted by atomic mass is 10.1. The molecule has 118 valence electrons. The lowest BCUT2D eigenvalue weighted by Gasteiger charge is -2.10. The maximum absolute atomic E-state index is 12.5. The number of benzene rings is 1. The van der Waals surface area contributed by atoms with Gasteiger partial charge in [0.25, 0.3) is 5.91 Å². The monoisotopic (exact) mass is 308 g/mol. The fraction of sp³-hybridized carbons (Fsp3) is 0.211. The summed E-state index contributed by atoms with van der Waals surface area (Å²) < 4.78 is 7.36. The van der Waals surface area contributed by atoms with Crippen molar-refractivity contribution in [1.29, 1.82) is 0 Å². The molecule has 2 aromatic heterocycles. The van der Waals surface area contributed by atoms with Gasteiger partial charge in [-0.05, 0) is 18.9 Å². The Balaban J connectivity index is 1.72. The van der Waals surface area contributed by atoms with Gasteiger partial charge in [0.1, 0.15) is 5.69 Å². The van der Waals surface area contributed by atoms with Crippen LogP contribution in [-0.4, -0.2) is 17.0 Å². The zero-order valence-electron chi connectivity index (χ0n) is 13.2. The molecule has 0 saturated heterocycles. The Labute approximate surface area is 135 Å². The first-order chi connectivity index (χ1) is 11.1. The first kappa shape index (κ1) is 15.2. The molecule has 0 unspecified atom stereocenters. The van der Waals surface area contributed by atoms with E-state index in [-0.39, 0.29) is 5.91 Å². The highest BCUT2D eigenvalue weighted by Gasteiger charge is 2.17. The van der Waals surface area contributed by atoms with Crippen LogP contribution in [-0.2, 0) is 13.0 Å². The van der Waals surface area contributed by atoms with E-state index in [0.29, 0.717) is 18.8 Å². The summed E-state index contributed by atoms with van der Waals surface area (Å²) in [5.74, 6) is -0.0893. The molecule has 4 nitrogen and oxygen atoms in total. The van der Waals surface area contributed by atoms with Gasteiger partial charge in [-0.25, -0.2) is 0 Å². The largest absolute Gasteiger partial charge is 0.463 e. The van der Waals surface area contributed by atoms with Crippen molar-refractivity contribution in [1.82, 2.24) is 9.88 Å². The predicted octanol–water partition coefficient (Wildman–Crippen LogP) is 3.78. The Morgan fingerprint density at radius 2 is 2.04 bits per heavy atom. The molecule has 1 N–H and O–H groups in total. The van der Waals surface area contributed by atoms with Crippen LogP contribution < -0.4 is 5.32 Å². The van der Waals surface area contributed by atoms with Crippen LogP contribution in [0.4, 0.5) is 0 Å². The first-order valence-electron chi connectivity index (χ1n) is 7.68. The lowest BCUT2D eigenvalue weighted by molar-refractivity contribution is 0.0945. The molecule has 0 fully saturated rings. The fourth-order valence-corrected chi connectivity index (χ4v) is 2.66. The summed E-state index contributed by atoms with van der Waals surface area (Å²) in [7, 11) is 0. The van der Waals surface area contributed by atoms with Crippen molar-refractivity contribution < 1.29 is 9.21 Å². The molecule has 4 heteroatoms. The highest BCUT2D eigenvalue weighted by Crippen LogP contribution is 2.22. The number of nitrogens with one attached hydrogen (secondary N) is 1. The minimum atomic E-state index is -0.0893. The van der Waals surface area contributed by atoms with Gasteiger partial charge in [0.2, 0.25) is 0 Å². The van der Waals surface area contributed by atoms with Gasteiger partial charge in [-0.2, -0.15) is 0 Å². The summed E-state index contributed by atoms with van der Waals surface area (Å²) in [6.45, 7) is 7.09. The second kappa shape index (κ2) is 6.57. The molecule has 0 saturated carbocycles. The van der Waals surface area contributed by atoms with Gasteiger partial charge in [0.15, 0.2) is 5.58 Å². The molecule has 0 aliphatic heterocycles. The average molecular weight is 308 g/mol. The molecule has 0 aliphatic carbocycles. The summed E-state index contributed by atoms with van der Waals surface area (Å²) in [6, 6.07) is 13.8. The number of hydrogen-bond acceptors (Lipinski definition) is 2. The number of nitrogens with zero attached hydrogens (tertiary/aromatic N) is 1. The van der Waals surface area contributed by atoms with Crippen LogP contribution in [0.15, 0.2) is 65.3 Å². The maximum Gasteiger partial charge on any atom is 0.268 e. The Hall–Kier alpha value is -2.75. The van der Waals surface area contributed by atoms with Crippen LogP contribution in [0.3, 0.4) is 0 Å². The molecule has 1 aromatic carbocycles.